The van der Waals surface area contributed by atoms with Gasteiger partial charge in [0, 0.05) is 3.57 Å². The Hall–Kier alpha value is -0.870. The van der Waals surface area contributed by atoms with Gasteiger partial charge in [-0.1, -0.05) is 50.2 Å². The predicted molar refractivity (Wildman–Crippen MR) is 90.3 cm³/mol. The zero-order valence-electron chi connectivity index (χ0n) is 11.4. The van der Waals surface area contributed by atoms with E-state index >= 15 is 0 Å². The second kappa shape index (κ2) is 6.53. The summed E-state index contributed by atoms with van der Waals surface area (Å²) in [5.74, 6) is 0.614. The molecule has 2 heteroatoms. The molecule has 19 heavy (non-hydrogen) atoms. The van der Waals surface area contributed by atoms with Crippen molar-refractivity contribution in [2.45, 2.75) is 32.2 Å². The van der Waals surface area contributed by atoms with Crippen LogP contribution in [0.4, 0.5) is 0 Å². The molecule has 0 saturated heterocycles. The molecule has 0 amide bonds. The van der Waals surface area contributed by atoms with Crippen molar-refractivity contribution >= 4 is 22.6 Å². The fourth-order valence-electron chi connectivity index (χ4n) is 2.13. The first-order valence-corrected chi connectivity index (χ1v) is 7.80. The summed E-state index contributed by atoms with van der Waals surface area (Å²) in [5.41, 5.74) is 10.1. The van der Waals surface area contributed by atoms with Crippen LogP contribution >= 0.6 is 22.6 Å². The summed E-state index contributed by atoms with van der Waals surface area (Å²) >= 11 is 2.31. The average Bonchev–Trinajstić information content (AvgIpc) is 2.46. The van der Waals surface area contributed by atoms with Crippen LogP contribution < -0.4 is 5.73 Å². The maximum atomic E-state index is 6.32. The lowest BCUT2D eigenvalue weighted by molar-refractivity contribution is 0.732. The second-order valence-electron chi connectivity index (χ2n) is 5.01. The highest BCUT2D eigenvalue weighted by Crippen LogP contribution is 2.24. The highest BCUT2D eigenvalue weighted by atomic mass is 127. The van der Waals surface area contributed by atoms with E-state index in [0.29, 0.717) is 5.92 Å². The highest BCUT2D eigenvalue weighted by Gasteiger charge is 2.09. The van der Waals surface area contributed by atoms with Gasteiger partial charge >= 0.3 is 0 Å². The van der Waals surface area contributed by atoms with E-state index < -0.39 is 0 Å². The minimum absolute atomic E-state index is 0.0389. The largest absolute Gasteiger partial charge is 0.320 e. The smallest absolute Gasteiger partial charge is 0.0551 e. The molecule has 0 radical (unpaired) electrons. The Bertz CT molecular complexity index is 516. The Morgan fingerprint density at radius 2 is 1.32 bits per heavy atom. The third kappa shape index (κ3) is 3.57. The van der Waals surface area contributed by atoms with Gasteiger partial charge in [-0.05, 0) is 63.8 Å². The van der Waals surface area contributed by atoms with Crippen LogP contribution in [0.3, 0.4) is 0 Å². The van der Waals surface area contributed by atoms with Gasteiger partial charge < -0.3 is 5.73 Å². The summed E-state index contributed by atoms with van der Waals surface area (Å²) in [5, 5.41) is 0. The fourth-order valence-corrected chi connectivity index (χ4v) is 2.49. The van der Waals surface area contributed by atoms with Crippen molar-refractivity contribution < 1.29 is 0 Å². The van der Waals surface area contributed by atoms with Crippen LogP contribution in [0.2, 0.25) is 0 Å². The van der Waals surface area contributed by atoms with E-state index in [1.54, 1.807) is 0 Å². The molecule has 1 nitrogen and oxygen atoms in total. The molecule has 0 aliphatic carbocycles. The van der Waals surface area contributed by atoms with Gasteiger partial charge in [0.05, 0.1) is 6.04 Å². The standard InChI is InChI=1S/C17H20IN/c1-3-12(2)13-4-6-14(7-5-13)17(19)15-8-10-16(18)11-9-15/h4-12,17H,3,19H2,1-2H3. The molecule has 0 spiro atoms. The fraction of sp³-hybridized carbons (Fsp3) is 0.294. The Balaban J connectivity index is 2.19. The number of hydrogen-bond donors (Lipinski definition) is 1. The molecule has 0 heterocycles. The van der Waals surface area contributed by atoms with Crippen molar-refractivity contribution in [2.24, 2.45) is 5.73 Å². The number of rotatable bonds is 4. The summed E-state index contributed by atoms with van der Waals surface area (Å²) in [6, 6.07) is 17.1. The predicted octanol–water partition coefficient (Wildman–Crippen LogP) is 4.85. The molecule has 2 aromatic carbocycles. The van der Waals surface area contributed by atoms with Crippen LogP contribution in [0.1, 0.15) is 48.9 Å². The first kappa shape index (κ1) is 14.5. The molecule has 0 fully saturated rings. The number of benzene rings is 2. The molecule has 100 valence electrons. The molecule has 2 N–H and O–H groups in total. The van der Waals surface area contributed by atoms with Crippen LogP contribution in [0.5, 0.6) is 0 Å². The number of nitrogens with two attached hydrogens (primary N) is 1. The normalized spacial score (nSPS) is 14.1. The maximum absolute atomic E-state index is 6.32. The molecule has 2 rings (SSSR count). The molecule has 2 aromatic rings. The van der Waals surface area contributed by atoms with Crippen molar-refractivity contribution in [1.82, 2.24) is 0 Å². The summed E-state index contributed by atoms with van der Waals surface area (Å²) in [6.07, 6.45) is 1.17. The lowest BCUT2D eigenvalue weighted by Crippen LogP contribution is -2.11. The molecule has 2 unspecified atom stereocenters. The summed E-state index contributed by atoms with van der Waals surface area (Å²) < 4.78 is 1.24. The Kier molecular flexibility index (Phi) is 4.99. The molecule has 0 aromatic heterocycles. The zero-order valence-corrected chi connectivity index (χ0v) is 13.6. The van der Waals surface area contributed by atoms with Crippen LogP contribution in [0.25, 0.3) is 0 Å². The Morgan fingerprint density at radius 3 is 1.79 bits per heavy atom. The van der Waals surface area contributed by atoms with Gasteiger partial charge in [-0.3, -0.25) is 0 Å². The van der Waals surface area contributed by atoms with E-state index in [1.165, 1.54) is 21.1 Å². The van der Waals surface area contributed by atoms with E-state index in [-0.39, 0.29) is 6.04 Å². The molecule has 0 bridgehead atoms. The quantitative estimate of drug-likeness (QED) is 0.770. The van der Waals surface area contributed by atoms with Gasteiger partial charge in [0.15, 0.2) is 0 Å². The minimum atomic E-state index is -0.0389. The topological polar surface area (TPSA) is 26.0 Å². The number of hydrogen-bond acceptors (Lipinski definition) is 1. The van der Waals surface area contributed by atoms with Crippen molar-refractivity contribution in [1.29, 1.82) is 0 Å². The van der Waals surface area contributed by atoms with Crippen molar-refractivity contribution in [3.05, 3.63) is 68.8 Å². The van der Waals surface area contributed by atoms with E-state index in [9.17, 15) is 0 Å². The van der Waals surface area contributed by atoms with Crippen LogP contribution in [0.15, 0.2) is 48.5 Å². The van der Waals surface area contributed by atoms with Crippen molar-refractivity contribution in [3.63, 3.8) is 0 Å². The minimum Gasteiger partial charge on any atom is -0.320 e. The Labute approximate surface area is 129 Å². The van der Waals surface area contributed by atoms with Crippen molar-refractivity contribution in [2.75, 3.05) is 0 Å². The lowest BCUT2D eigenvalue weighted by Gasteiger charge is -2.15. The van der Waals surface area contributed by atoms with Crippen molar-refractivity contribution in [3.8, 4) is 0 Å². The molecule has 0 aliphatic heterocycles. The first-order valence-electron chi connectivity index (χ1n) is 6.72. The van der Waals surface area contributed by atoms with E-state index in [1.807, 2.05) is 0 Å². The SMILES string of the molecule is CCC(C)c1ccc(C(N)c2ccc(I)cc2)cc1. The molecule has 0 aliphatic rings. The van der Waals surface area contributed by atoms with E-state index in [2.05, 4.69) is 85.0 Å². The van der Waals surface area contributed by atoms with Gasteiger partial charge in [0.1, 0.15) is 0 Å². The molecular weight excluding hydrogens is 345 g/mol. The molecule has 0 saturated carbocycles. The van der Waals surface area contributed by atoms with Gasteiger partial charge in [-0.25, -0.2) is 0 Å². The van der Waals surface area contributed by atoms with Crippen LogP contribution in [-0.4, -0.2) is 0 Å². The third-order valence-electron chi connectivity index (χ3n) is 3.71. The maximum Gasteiger partial charge on any atom is 0.0551 e. The van der Waals surface area contributed by atoms with Gasteiger partial charge in [-0.2, -0.15) is 0 Å². The van der Waals surface area contributed by atoms with E-state index in [4.69, 9.17) is 5.73 Å². The van der Waals surface area contributed by atoms with Crippen LogP contribution in [-0.2, 0) is 0 Å². The summed E-state index contributed by atoms with van der Waals surface area (Å²) in [6.45, 7) is 4.48. The number of halogens is 1. The van der Waals surface area contributed by atoms with Gasteiger partial charge in [0.25, 0.3) is 0 Å². The van der Waals surface area contributed by atoms with Gasteiger partial charge in [-0.15, -0.1) is 0 Å². The molecule has 2 atom stereocenters. The first-order chi connectivity index (χ1) is 9.11. The Morgan fingerprint density at radius 1 is 0.895 bits per heavy atom. The monoisotopic (exact) mass is 365 g/mol. The second-order valence-corrected chi connectivity index (χ2v) is 6.25. The third-order valence-corrected chi connectivity index (χ3v) is 4.43. The summed E-state index contributed by atoms with van der Waals surface area (Å²) in [4.78, 5) is 0. The zero-order chi connectivity index (χ0) is 13.8. The van der Waals surface area contributed by atoms with Crippen LogP contribution in [0, 0.1) is 3.57 Å². The highest BCUT2D eigenvalue weighted by molar-refractivity contribution is 14.1. The van der Waals surface area contributed by atoms with E-state index in [0.717, 1.165) is 5.56 Å². The van der Waals surface area contributed by atoms with Gasteiger partial charge in [0.2, 0.25) is 0 Å². The average molecular weight is 365 g/mol. The lowest BCUT2D eigenvalue weighted by atomic mass is 9.94. The summed E-state index contributed by atoms with van der Waals surface area (Å²) in [7, 11) is 0. The molecular formula is C17H20IN.